The second kappa shape index (κ2) is 9.34. The molecule has 1 unspecified atom stereocenters. The van der Waals surface area contributed by atoms with Gasteiger partial charge in [-0.2, -0.15) is 0 Å². The lowest BCUT2D eigenvalue weighted by atomic mass is 9.97. The lowest BCUT2D eigenvalue weighted by Crippen LogP contribution is -2.38. The first-order chi connectivity index (χ1) is 14.1. The van der Waals surface area contributed by atoms with Crippen LogP contribution in [-0.4, -0.2) is 57.8 Å². The van der Waals surface area contributed by atoms with Gasteiger partial charge in [0.1, 0.15) is 5.76 Å². The molecule has 152 valence electrons. The number of carbonyl (C=O) groups is 2. The summed E-state index contributed by atoms with van der Waals surface area (Å²) in [5, 5.41) is 10.5. The Morgan fingerprint density at radius 2 is 2.10 bits per heavy atom. The standard InChI is InChI=1S/C22H25N3O4/c1-3-24(4-2)12-13-25-20(16-7-5-11-23-15-16)19(21(27)22(25)28)18(26)10-9-17-8-6-14-29-17/h5-11,14-15,20,27H,3-4,12-13H2,1-2H3/b10-9+. The Morgan fingerprint density at radius 3 is 2.72 bits per heavy atom. The predicted molar refractivity (Wildman–Crippen MR) is 109 cm³/mol. The molecule has 0 bridgehead atoms. The number of aliphatic hydroxyl groups is 1. The van der Waals surface area contributed by atoms with Crippen molar-refractivity contribution in [3.05, 3.63) is 71.7 Å². The number of carbonyl (C=O) groups excluding carboxylic acids is 2. The number of hydrogen-bond acceptors (Lipinski definition) is 6. The van der Waals surface area contributed by atoms with E-state index in [0.717, 1.165) is 13.1 Å². The number of likely N-dealkylation sites (N-methyl/N-ethyl adjacent to an activating group) is 1. The molecule has 1 N–H and O–H groups in total. The molecule has 3 heterocycles. The maximum Gasteiger partial charge on any atom is 0.290 e. The molecule has 7 heteroatoms. The molecule has 7 nitrogen and oxygen atoms in total. The van der Waals surface area contributed by atoms with E-state index in [4.69, 9.17) is 4.42 Å². The fourth-order valence-electron chi connectivity index (χ4n) is 3.44. The van der Waals surface area contributed by atoms with Gasteiger partial charge in [0.15, 0.2) is 11.5 Å². The molecule has 2 aromatic heterocycles. The van der Waals surface area contributed by atoms with Gasteiger partial charge in [-0.25, -0.2) is 0 Å². The lowest BCUT2D eigenvalue weighted by molar-refractivity contribution is -0.129. The molecule has 0 fully saturated rings. The quantitative estimate of drug-likeness (QED) is 0.657. The summed E-state index contributed by atoms with van der Waals surface area (Å²) in [5.74, 6) is -0.973. The van der Waals surface area contributed by atoms with Crippen molar-refractivity contribution in [1.29, 1.82) is 0 Å². The van der Waals surface area contributed by atoms with Gasteiger partial charge in [-0.15, -0.1) is 0 Å². The number of aromatic nitrogens is 1. The van der Waals surface area contributed by atoms with Crippen LogP contribution in [0.3, 0.4) is 0 Å². The van der Waals surface area contributed by atoms with Crippen molar-refractivity contribution in [1.82, 2.24) is 14.8 Å². The first-order valence-electron chi connectivity index (χ1n) is 9.69. The highest BCUT2D eigenvalue weighted by molar-refractivity contribution is 6.14. The number of furan rings is 1. The van der Waals surface area contributed by atoms with Crippen LogP contribution in [-0.2, 0) is 9.59 Å². The topological polar surface area (TPSA) is 86.9 Å². The normalized spacial score (nSPS) is 17.1. The van der Waals surface area contributed by atoms with E-state index in [1.807, 2.05) is 0 Å². The van der Waals surface area contributed by atoms with E-state index < -0.39 is 23.5 Å². The van der Waals surface area contributed by atoms with E-state index in [1.54, 1.807) is 41.6 Å². The lowest BCUT2D eigenvalue weighted by Gasteiger charge is -2.29. The van der Waals surface area contributed by atoms with Gasteiger partial charge in [0.25, 0.3) is 5.91 Å². The molecule has 0 aliphatic carbocycles. The van der Waals surface area contributed by atoms with Crippen LogP contribution in [0.1, 0.15) is 31.2 Å². The van der Waals surface area contributed by atoms with Gasteiger partial charge >= 0.3 is 0 Å². The van der Waals surface area contributed by atoms with Gasteiger partial charge < -0.3 is 19.3 Å². The molecular weight excluding hydrogens is 370 g/mol. The van der Waals surface area contributed by atoms with Crippen LogP contribution < -0.4 is 0 Å². The van der Waals surface area contributed by atoms with Crippen molar-refractivity contribution in [2.75, 3.05) is 26.2 Å². The third-order valence-corrected chi connectivity index (χ3v) is 5.06. The molecule has 1 atom stereocenters. The number of rotatable bonds is 9. The molecule has 1 aliphatic heterocycles. The second-order valence-electron chi connectivity index (χ2n) is 6.69. The first-order valence-corrected chi connectivity index (χ1v) is 9.69. The van der Waals surface area contributed by atoms with Crippen LogP contribution >= 0.6 is 0 Å². The third kappa shape index (κ3) is 4.46. The van der Waals surface area contributed by atoms with Crippen LogP contribution in [0, 0.1) is 0 Å². The first kappa shape index (κ1) is 20.5. The Labute approximate surface area is 169 Å². The number of allylic oxidation sites excluding steroid dienone is 1. The molecule has 0 radical (unpaired) electrons. The summed E-state index contributed by atoms with van der Waals surface area (Å²) in [6, 6.07) is 6.30. The molecule has 3 rings (SSSR count). The maximum absolute atomic E-state index is 12.9. The minimum Gasteiger partial charge on any atom is -0.503 e. The van der Waals surface area contributed by atoms with E-state index >= 15 is 0 Å². The minimum absolute atomic E-state index is 0.0605. The average molecular weight is 395 g/mol. The monoisotopic (exact) mass is 395 g/mol. The Hall–Kier alpha value is -3.19. The molecule has 0 saturated carbocycles. The molecule has 0 saturated heterocycles. The van der Waals surface area contributed by atoms with Crippen molar-refractivity contribution < 1.29 is 19.1 Å². The Morgan fingerprint density at radius 1 is 1.31 bits per heavy atom. The molecule has 29 heavy (non-hydrogen) atoms. The molecule has 1 amide bonds. The smallest absolute Gasteiger partial charge is 0.290 e. The van der Waals surface area contributed by atoms with Crippen LogP contribution in [0.25, 0.3) is 6.08 Å². The summed E-state index contributed by atoms with van der Waals surface area (Å²) in [7, 11) is 0. The van der Waals surface area contributed by atoms with Crippen molar-refractivity contribution in [3.63, 3.8) is 0 Å². The van der Waals surface area contributed by atoms with E-state index in [-0.39, 0.29) is 5.57 Å². The highest BCUT2D eigenvalue weighted by Gasteiger charge is 2.42. The number of pyridine rings is 1. The zero-order valence-electron chi connectivity index (χ0n) is 16.6. The van der Waals surface area contributed by atoms with E-state index in [1.165, 1.54) is 18.4 Å². The van der Waals surface area contributed by atoms with Gasteiger partial charge in [0.2, 0.25) is 0 Å². The predicted octanol–water partition coefficient (Wildman–Crippen LogP) is 2.99. The SMILES string of the molecule is CCN(CC)CCN1C(=O)C(O)=C(C(=O)/C=C/c2ccco2)C1c1cccnc1. The van der Waals surface area contributed by atoms with Gasteiger partial charge in [-0.3, -0.25) is 14.6 Å². The van der Waals surface area contributed by atoms with E-state index in [9.17, 15) is 14.7 Å². The van der Waals surface area contributed by atoms with Crippen LogP contribution in [0.4, 0.5) is 0 Å². The number of hydrogen-bond donors (Lipinski definition) is 1. The van der Waals surface area contributed by atoms with Crippen LogP contribution in [0.2, 0.25) is 0 Å². The fraction of sp³-hybridized carbons (Fsp3) is 0.318. The zero-order chi connectivity index (χ0) is 20.8. The summed E-state index contributed by atoms with van der Waals surface area (Å²) in [5.41, 5.74) is 0.740. The fourth-order valence-corrected chi connectivity index (χ4v) is 3.44. The van der Waals surface area contributed by atoms with Gasteiger partial charge in [0, 0.05) is 25.5 Å². The second-order valence-corrected chi connectivity index (χ2v) is 6.69. The summed E-state index contributed by atoms with van der Waals surface area (Å²) < 4.78 is 5.21. The third-order valence-electron chi connectivity index (χ3n) is 5.06. The van der Waals surface area contributed by atoms with Gasteiger partial charge in [-0.1, -0.05) is 19.9 Å². The number of aliphatic hydroxyl groups excluding tert-OH is 1. The summed E-state index contributed by atoms with van der Waals surface area (Å²) >= 11 is 0. The largest absolute Gasteiger partial charge is 0.503 e. The van der Waals surface area contributed by atoms with Crippen LogP contribution in [0.15, 0.2) is 64.7 Å². The van der Waals surface area contributed by atoms with Crippen molar-refractivity contribution in [2.24, 2.45) is 0 Å². The number of ketones is 1. The Kier molecular flexibility index (Phi) is 6.61. The molecule has 2 aromatic rings. The van der Waals surface area contributed by atoms with Crippen molar-refractivity contribution in [3.8, 4) is 0 Å². The molecule has 0 spiro atoms. The molecule has 0 aromatic carbocycles. The van der Waals surface area contributed by atoms with Crippen molar-refractivity contribution >= 4 is 17.8 Å². The summed E-state index contributed by atoms with van der Waals surface area (Å²) in [6.45, 7) is 6.85. The van der Waals surface area contributed by atoms with Crippen molar-refractivity contribution in [2.45, 2.75) is 19.9 Å². The minimum atomic E-state index is -0.680. The van der Waals surface area contributed by atoms with Gasteiger partial charge in [0.05, 0.1) is 17.9 Å². The molecular formula is C22H25N3O4. The number of amides is 1. The Bertz CT molecular complexity index is 899. The highest BCUT2D eigenvalue weighted by atomic mass is 16.3. The van der Waals surface area contributed by atoms with Gasteiger partial charge in [-0.05, 0) is 49.0 Å². The zero-order valence-corrected chi connectivity index (χ0v) is 16.6. The van der Waals surface area contributed by atoms with E-state index in [0.29, 0.717) is 24.4 Å². The molecule has 1 aliphatic rings. The number of nitrogens with zero attached hydrogens (tertiary/aromatic N) is 3. The summed E-state index contributed by atoms with van der Waals surface area (Å²) in [4.78, 5) is 33.6. The van der Waals surface area contributed by atoms with Crippen LogP contribution in [0.5, 0.6) is 0 Å². The maximum atomic E-state index is 12.9. The highest BCUT2D eigenvalue weighted by Crippen LogP contribution is 2.37. The average Bonchev–Trinajstić information content (AvgIpc) is 3.35. The summed E-state index contributed by atoms with van der Waals surface area (Å²) in [6.07, 6.45) is 7.58. The Balaban J connectivity index is 1.92. The van der Waals surface area contributed by atoms with E-state index in [2.05, 4.69) is 23.7 Å².